The highest BCUT2D eigenvalue weighted by Gasteiger charge is 2.52. The topological polar surface area (TPSA) is 29.3 Å². The largest absolute Gasteiger partial charge is 0.466 e. The summed E-state index contributed by atoms with van der Waals surface area (Å²) in [7, 11) is 2.26. The molecule has 0 aliphatic carbocycles. The van der Waals surface area contributed by atoms with Crippen LogP contribution in [-0.4, -0.2) is 36.6 Å². The number of hydrogen-bond donors (Lipinski definition) is 1. The first-order valence-corrected chi connectivity index (χ1v) is 10.2. The van der Waals surface area contributed by atoms with Crippen LogP contribution in [0, 0.1) is 6.92 Å². The van der Waals surface area contributed by atoms with Gasteiger partial charge in [-0.25, -0.2) is 5.01 Å². The fourth-order valence-electron chi connectivity index (χ4n) is 4.57. The summed E-state index contributed by atoms with van der Waals surface area (Å²) in [6, 6.07) is 14.9. The van der Waals surface area contributed by atoms with Gasteiger partial charge in [-0.3, -0.25) is 0 Å². The van der Waals surface area contributed by atoms with Crippen LogP contribution >= 0.6 is 11.6 Å². The van der Waals surface area contributed by atoms with Crippen LogP contribution in [0.1, 0.15) is 42.0 Å². The van der Waals surface area contributed by atoms with Gasteiger partial charge in [-0.1, -0.05) is 41.4 Å². The molecule has 0 amide bonds. The lowest BCUT2D eigenvalue weighted by Gasteiger charge is -2.49. The van der Waals surface area contributed by atoms with Gasteiger partial charge in [0.25, 0.3) is 0 Å². The monoisotopic (exact) mass is 382 g/mol. The quantitative estimate of drug-likeness (QED) is 0.820. The predicted octanol–water partition coefficient (Wildman–Crippen LogP) is 3.20. The summed E-state index contributed by atoms with van der Waals surface area (Å²) in [6.07, 6.45) is 2.87. The summed E-state index contributed by atoms with van der Waals surface area (Å²) in [4.78, 5) is 1.56. The van der Waals surface area contributed by atoms with E-state index in [2.05, 4.69) is 49.3 Å². The number of hydrazone groups is 1. The Balaban J connectivity index is 1.58. The van der Waals surface area contributed by atoms with Gasteiger partial charge in [0.15, 0.2) is 0 Å². The van der Waals surface area contributed by atoms with Gasteiger partial charge in [0, 0.05) is 17.0 Å². The molecule has 1 atom stereocenters. The minimum atomic E-state index is -0.336. The van der Waals surface area contributed by atoms with Gasteiger partial charge in [0.2, 0.25) is 5.72 Å². The summed E-state index contributed by atoms with van der Waals surface area (Å²) in [6.45, 7) is 4.31. The zero-order chi connectivity index (χ0) is 18.6. The normalized spacial score (nSPS) is 29.1. The maximum atomic E-state index is 6.63. The third kappa shape index (κ3) is 2.82. The molecular formula is C22H25ClN3O+. The molecule has 1 spiro atoms. The number of rotatable bonds is 1. The molecule has 3 aliphatic rings. The number of nitrogens with one attached hydrogen (secondary N) is 1. The number of nitrogens with zero attached hydrogens (tertiary/aromatic N) is 2. The van der Waals surface area contributed by atoms with E-state index in [1.807, 2.05) is 12.1 Å². The predicted molar refractivity (Wildman–Crippen MR) is 108 cm³/mol. The fraction of sp³-hybridized carbons (Fsp3) is 0.409. The van der Waals surface area contributed by atoms with Crippen molar-refractivity contribution in [3.8, 4) is 5.75 Å². The van der Waals surface area contributed by atoms with Crippen LogP contribution in [0.2, 0.25) is 5.02 Å². The number of piperidine rings is 1. The third-order valence-corrected chi connectivity index (χ3v) is 6.46. The molecule has 4 nitrogen and oxygen atoms in total. The number of halogens is 1. The van der Waals surface area contributed by atoms with Crippen molar-refractivity contribution < 1.29 is 9.64 Å². The second-order valence-electron chi connectivity index (χ2n) is 8.16. The van der Waals surface area contributed by atoms with Crippen molar-refractivity contribution >= 4 is 17.3 Å². The van der Waals surface area contributed by atoms with Crippen molar-refractivity contribution in [2.24, 2.45) is 5.10 Å². The van der Waals surface area contributed by atoms with Crippen LogP contribution in [0.15, 0.2) is 47.6 Å². The van der Waals surface area contributed by atoms with Gasteiger partial charge in [-0.05, 0) is 30.7 Å². The highest BCUT2D eigenvalue weighted by Crippen LogP contribution is 2.49. The van der Waals surface area contributed by atoms with Crippen molar-refractivity contribution in [3.63, 3.8) is 0 Å². The molecule has 5 heteroatoms. The Bertz CT molecular complexity index is 900. The molecule has 0 radical (unpaired) electrons. The molecule has 3 heterocycles. The first-order chi connectivity index (χ1) is 13.0. The highest BCUT2D eigenvalue weighted by molar-refractivity contribution is 6.30. The Labute approximate surface area is 165 Å². The molecule has 0 bridgehead atoms. The van der Waals surface area contributed by atoms with Crippen LogP contribution in [0.3, 0.4) is 0 Å². The van der Waals surface area contributed by atoms with Crippen LogP contribution in [-0.2, 0) is 0 Å². The van der Waals surface area contributed by atoms with Crippen LogP contribution in [0.5, 0.6) is 5.75 Å². The second-order valence-corrected chi connectivity index (χ2v) is 8.60. The molecule has 2 aromatic carbocycles. The lowest BCUT2D eigenvalue weighted by Crippen LogP contribution is -3.11. The average Bonchev–Trinajstić information content (AvgIpc) is 3.12. The van der Waals surface area contributed by atoms with E-state index in [0.29, 0.717) is 0 Å². The van der Waals surface area contributed by atoms with Gasteiger partial charge in [0.1, 0.15) is 5.75 Å². The summed E-state index contributed by atoms with van der Waals surface area (Å²) >= 11 is 6.32. The van der Waals surface area contributed by atoms with E-state index in [0.717, 1.165) is 54.4 Å². The summed E-state index contributed by atoms with van der Waals surface area (Å²) in [5.74, 6) is 0.973. The van der Waals surface area contributed by atoms with E-state index in [1.165, 1.54) is 11.1 Å². The maximum Gasteiger partial charge on any atom is 0.208 e. The van der Waals surface area contributed by atoms with E-state index < -0.39 is 0 Å². The molecule has 1 N–H and O–H groups in total. The van der Waals surface area contributed by atoms with E-state index >= 15 is 0 Å². The van der Waals surface area contributed by atoms with E-state index in [9.17, 15) is 0 Å². The van der Waals surface area contributed by atoms with Gasteiger partial charge in [0.05, 0.1) is 44.7 Å². The zero-order valence-corrected chi connectivity index (χ0v) is 16.6. The van der Waals surface area contributed by atoms with E-state index in [4.69, 9.17) is 21.4 Å². The lowest BCUT2D eigenvalue weighted by molar-refractivity contribution is -0.888. The fourth-order valence-corrected chi connectivity index (χ4v) is 4.75. The van der Waals surface area contributed by atoms with Gasteiger partial charge >= 0.3 is 0 Å². The molecule has 1 saturated heterocycles. The van der Waals surface area contributed by atoms with Crippen molar-refractivity contribution in [1.29, 1.82) is 0 Å². The van der Waals surface area contributed by atoms with Crippen molar-refractivity contribution in [1.82, 2.24) is 5.01 Å². The Morgan fingerprint density at radius 1 is 1.15 bits per heavy atom. The first-order valence-electron chi connectivity index (χ1n) is 9.78. The summed E-state index contributed by atoms with van der Waals surface area (Å²) in [5, 5.41) is 8.12. The SMILES string of the molecule is Cc1ccc(C2=NN3[C@H](C2)c2cc(Cl)ccc2OC32CC[NH+](C)CC2)cc1. The summed E-state index contributed by atoms with van der Waals surface area (Å²) in [5.41, 5.74) is 4.43. The number of aryl methyl sites for hydroxylation is 1. The van der Waals surface area contributed by atoms with Gasteiger partial charge < -0.3 is 9.64 Å². The van der Waals surface area contributed by atoms with E-state index in [-0.39, 0.29) is 11.8 Å². The first kappa shape index (κ1) is 17.1. The van der Waals surface area contributed by atoms with Gasteiger partial charge in [-0.15, -0.1) is 0 Å². The zero-order valence-electron chi connectivity index (χ0n) is 15.8. The number of benzene rings is 2. The van der Waals surface area contributed by atoms with Crippen LogP contribution in [0.25, 0.3) is 0 Å². The lowest BCUT2D eigenvalue weighted by atomic mass is 9.91. The number of ether oxygens (including phenoxy) is 1. The molecule has 0 saturated carbocycles. The highest BCUT2D eigenvalue weighted by atomic mass is 35.5. The number of quaternary nitrogens is 1. The Kier molecular flexibility index (Phi) is 3.95. The third-order valence-electron chi connectivity index (χ3n) is 6.23. The summed E-state index contributed by atoms with van der Waals surface area (Å²) < 4.78 is 6.63. The molecule has 5 rings (SSSR count). The smallest absolute Gasteiger partial charge is 0.208 e. The molecule has 140 valence electrons. The molecule has 2 aromatic rings. The molecule has 0 unspecified atom stereocenters. The van der Waals surface area contributed by atoms with Crippen LogP contribution in [0.4, 0.5) is 0 Å². The number of hydrogen-bond acceptors (Lipinski definition) is 3. The van der Waals surface area contributed by atoms with Crippen molar-refractivity contribution in [2.45, 2.75) is 38.0 Å². The Hall–Kier alpha value is -2.04. The molecule has 0 aromatic heterocycles. The van der Waals surface area contributed by atoms with E-state index in [1.54, 1.807) is 4.90 Å². The number of likely N-dealkylation sites (tertiary alicyclic amines) is 1. The maximum absolute atomic E-state index is 6.63. The minimum absolute atomic E-state index is 0.196. The van der Waals surface area contributed by atoms with Crippen molar-refractivity contribution in [2.75, 3.05) is 20.1 Å². The minimum Gasteiger partial charge on any atom is -0.466 e. The molecular weight excluding hydrogens is 358 g/mol. The average molecular weight is 383 g/mol. The standard InChI is InChI=1S/C22H24ClN3O/c1-15-3-5-16(6-4-15)19-14-20-18-13-17(23)7-8-21(18)27-22(26(20)24-19)9-11-25(2)12-10-22/h3-8,13,20H,9-12,14H2,1-2H3/p+1/t20-/m1/s1. The van der Waals surface area contributed by atoms with Crippen LogP contribution < -0.4 is 9.64 Å². The molecule has 3 aliphatic heterocycles. The Morgan fingerprint density at radius 2 is 1.89 bits per heavy atom. The molecule has 27 heavy (non-hydrogen) atoms. The second kappa shape index (κ2) is 6.25. The van der Waals surface area contributed by atoms with Crippen molar-refractivity contribution in [3.05, 3.63) is 64.2 Å². The molecule has 1 fully saturated rings. The Morgan fingerprint density at radius 3 is 2.63 bits per heavy atom. The van der Waals surface area contributed by atoms with Gasteiger partial charge in [-0.2, -0.15) is 5.10 Å². The number of fused-ring (bicyclic) bond motifs is 4.